The van der Waals surface area contributed by atoms with Gasteiger partial charge in [0, 0.05) is 23.5 Å². The standard InChI is InChI=1S/C17H13F3N2O5S/c18-17(19,20)11-1-3-13(4-2-11)22-28(26,27)14-7-5-12(6-8-14)21-15(23)9-10-16(24)25/h1-10,22H,(H,21,23)(H,24,25). The summed E-state index contributed by atoms with van der Waals surface area (Å²) in [6, 6.07) is 8.36. The Labute approximate surface area is 157 Å². The second-order valence-corrected chi connectivity index (χ2v) is 7.05. The summed E-state index contributed by atoms with van der Waals surface area (Å²) in [7, 11) is -4.06. The Kier molecular flexibility index (Phi) is 6.09. The van der Waals surface area contributed by atoms with E-state index in [1.54, 1.807) is 0 Å². The van der Waals surface area contributed by atoms with Crippen molar-refractivity contribution in [2.24, 2.45) is 0 Å². The van der Waals surface area contributed by atoms with Crippen LogP contribution >= 0.6 is 0 Å². The van der Waals surface area contributed by atoms with Gasteiger partial charge in [-0.2, -0.15) is 13.2 Å². The molecule has 0 aliphatic heterocycles. The molecular formula is C17H13F3N2O5S. The second kappa shape index (κ2) is 8.13. The van der Waals surface area contributed by atoms with Gasteiger partial charge in [0.2, 0.25) is 5.91 Å². The lowest BCUT2D eigenvalue weighted by Gasteiger charge is -2.11. The summed E-state index contributed by atoms with van der Waals surface area (Å²) >= 11 is 0. The second-order valence-electron chi connectivity index (χ2n) is 5.37. The van der Waals surface area contributed by atoms with Gasteiger partial charge in [-0.15, -0.1) is 0 Å². The van der Waals surface area contributed by atoms with Crippen molar-refractivity contribution in [2.75, 3.05) is 10.0 Å². The number of carboxylic acid groups (broad SMARTS) is 1. The number of sulfonamides is 1. The van der Waals surface area contributed by atoms with Gasteiger partial charge in [-0.1, -0.05) is 0 Å². The number of nitrogens with one attached hydrogen (secondary N) is 2. The zero-order valence-corrected chi connectivity index (χ0v) is 14.7. The Morgan fingerprint density at radius 1 is 0.893 bits per heavy atom. The van der Waals surface area contributed by atoms with Gasteiger partial charge in [0.1, 0.15) is 0 Å². The number of hydrogen-bond acceptors (Lipinski definition) is 4. The van der Waals surface area contributed by atoms with Crippen molar-refractivity contribution in [3.8, 4) is 0 Å². The Morgan fingerprint density at radius 3 is 1.93 bits per heavy atom. The minimum atomic E-state index is -4.53. The molecule has 0 saturated carbocycles. The first-order chi connectivity index (χ1) is 13.0. The van der Waals surface area contributed by atoms with Gasteiger partial charge in [0.15, 0.2) is 0 Å². The number of benzene rings is 2. The summed E-state index contributed by atoms with van der Waals surface area (Å²) in [5.74, 6) is -2.02. The van der Waals surface area contributed by atoms with E-state index >= 15 is 0 Å². The summed E-state index contributed by atoms with van der Waals surface area (Å²) in [4.78, 5) is 21.6. The molecule has 148 valence electrons. The predicted molar refractivity (Wildman–Crippen MR) is 94.1 cm³/mol. The topological polar surface area (TPSA) is 113 Å². The van der Waals surface area contributed by atoms with Crippen LogP contribution in [0, 0.1) is 0 Å². The summed E-state index contributed by atoms with van der Waals surface area (Å²) < 4.78 is 64.4. The molecule has 0 radical (unpaired) electrons. The molecule has 0 aromatic heterocycles. The van der Waals surface area contributed by atoms with E-state index in [9.17, 15) is 31.2 Å². The van der Waals surface area contributed by atoms with Crippen molar-refractivity contribution in [3.05, 3.63) is 66.2 Å². The third-order valence-electron chi connectivity index (χ3n) is 3.27. The summed E-state index contributed by atoms with van der Waals surface area (Å²) in [6.45, 7) is 0. The van der Waals surface area contributed by atoms with Gasteiger partial charge < -0.3 is 10.4 Å². The van der Waals surface area contributed by atoms with E-state index in [1.807, 2.05) is 0 Å². The van der Waals surface area contributed by atoms with Crippen molar-refractivity contribution in [1.82, 2.24) is 0 Å². The summed E-state index contributed by atoms with van der Waals surface area (Å²) in [5.41, 5.74) is -0.745. The van der Waals surface area contributed by atoms with Crippen LogP contribution in [-0.4, -0.2) is 25.4 Å². The maximum Gasteiger partial charge on any atom is 0.416 e. The number of anilines is 2. The highest BCUT2D eigenvalue weighted by Crippen LogP contribution is 2.30. The Hall–Kier alpha value is -3.34. The first-order valence-corrected chi connectivity index (χ1v) is 8.98. The van der Waals surface area contributed by atoms with Crippen molar-refractivity contribution in [2.45, 2.75) is 11.1 Å². The van der Waals surface area contributed by atoms with Crippen molar-refractivity contribution >= 4 is 33.3 Å². The number of carbonyl (C=O) groups is 2. The maximum atomic E-state index is 12.5. The van der Waals surface area contributed by atoms with Crippen LogP contribution < -0.4 is 10.0 Å². The molecule has 0 spiro atoms. The molecule has 0 unspecified atom stereocenters. The number of carbonyl (C=O) groups excluding carboxylic acids is 1. The van der Waals surface area contributed by atoms with Gasteiger partial charge in [0.25, 0.3) is 10.0 Å². The van der Waals surface area contributed by atoms with Gasteiger partial charge in [-0.3, -0.25) is 9.52 Å². The number of alkyl halides is 3. The smallest absolute Gasteiger partial charge is 0.416 e. The highest BCUT2D eigenvalue weighted by atomic mass is 32.2. The number of hydrogen-bond donors (Lipinski definition) is 3. The number of halogens is 3. The van der Waals surface area contributed by atoms with Gasteiger partial charge >= 0.3 is 12.1 Å². The van der Waals surface area contributed by atoms with E-state index in [2.05, 4.69) is 10.0 Å². The summed E-state index contributed by atoms with van der Waals surface area (Å²) in [5, 5.41) is 10.8. The molecular weight excluding hydrogens is 401 g/mol. The minimum absolute atomic E-state index is 0.0517. The van der Waals surface area contributed by atoms with Gasteiger partial charge in [0.05, 0.1) is 10.5 Å². The number of aliphatic carboxylic acids is 1. The van der Waals surface area contributed by atoms with Crippen molar-refractivity contribution in [3.63, 3.8) is 0 Å². The molecule has 2 aromatic carbocycles. The van der Waals surface area contributed by atoms with Gasteiger partial charge in [-0.05, 0) is 48.5 Å². The highest BCUT2D eigenvalue weighted by Gasteiger charge is 2.30. The van der Waals surface area contributed by atoms with E-state index in [-0.39, 0.29) is 16.3 Å². The molecule has 3 N–H and O–H groups in total. The van der Waals surface area contributed by atoms with Crippen LogP contribution in [0.5, 0.6) is 0 Å². The van der Waals surface area contributed by atoms with Crippen molar-refractivity contribution in [1.29, 1.82) is 0 Å². The van der Waals surface area contributed by atoms with Crippen LogP contribution in [0.3, 0.4) is 0 Å². The lowest BCUT2D eigenvalue weighted by Crippen LogP contribution is -2.14. The van der Waals surface area contributed by atoms with Gasteiger partial charge in [-0.25, -0.2) is 13.2 Å². The first kappa shape index (κ1) is 21.0. The Morgan fingerprint density at radius 2 is 1.43 bits per heavy atom. The molecule has 2 rings (SSSR count). The minimum Gasteiger partial charge on any atom is -0.478 e. The Balaban J connectivity index is 2.09. The third-order valence-corrected chi connectivity index (χ3v) is 4.67. The van der Waals surface area contributed by atoms with Crippen LogP contribution in [0.4, 0.5) is 24.5 Å². The zero-order chi connectivity index (χ0) is 20.9. The van der Waals surface area contributed by atoms with Crippen LogP contribution in [0.1, 0.15) is 5.56 Å². The van der Waals surface area contributed by atoms with E-state index in [0.29, 0.717) is 6.08 Å². The molecule has 0 atom stereocenters. The molecule has 0 bridgehead atoms. The molecule has 1 amide bonds. The monoisotopic (exact) mass is 414 g/mol. The summed E-state index contributed by atoms with van der Waals surface area (Å²) in [6.07, 6.45) is -3.10. The molecule has 0 heterocycles. The lowest BCUT2D eigenvalue weighted by atomic mass is 10.2. The molecule has 28 heavy (non-hydrogen) atoms. The third kappa shape index (κ3) is 5.84. The molecule has 2 aromatic rings. The van der Waals surface area contributed by atoms with Crippen LogP contribution in [-0.2, 0) is 25.8 Å². The maximum absolute atomic E-state index is 12.5. The molecule has 0 saturated heterocycles. The number of amides is 1. The predicted octanol–water partition coefficient (Wildman–Crippen LogP) is 3.09. The van der Waals surface area contributed by atoms with E-state index < -0.39 is 33.6 Å². The fourth-order valence-corrected chi connectivity index (χ4v) is 3.05. The van der Waals surface area contributed by atoms with Crippen molar-refractivity contribution < 1.29 is 36.3 Å². The SMILES string of the molecule is O=C(O)C=CC(=O)Nc1ccc(S(=O)(=O)Nc2ccc(C(F)(F)F)cc2)cc1. The molecule has 11 heteroatoms. The Bertz CT molecular complexity index is 999. The molecule has 0 aliphatic rings. The lowest BCUT2D eigenvalue weighted by molar-refractivity contribution is -0.137. The fourth-order valence-electron chi connectivity index (χ4n) is 1.99. The molecule has 7 nitrogen and oxygen atoms in total. The van der Waals surface area contributed by atoms with Crippen LogP contribution in [0.2, 0.25) is 0 Å². The quantitative estimate of drug-likeness (QED) is 0.629. The normalized spacial score (nSPS) is 12.0. The molecule has 0 fully saturated rings. The van der Waals surface area contributed by atoms with E-state index in [4.69, 9.17) is 5.11 Å². The number of carboxylic acids is 1. The average Bonchev–Trinajstić information content (AvgIpc) is 2.60. The highest BCUT2D eigenvalue weighted by molar-refractivity contribution is 7.92. The van der Waals surface area contributed by atoms with E-state index in [0.717, 1.165) is 30.3 Å². The number of rotatable bonds is 6. The zero-order valence-electron chi connectivity index (χ0n) is 13.9. The largest absolute Gasteiger partial charge is 0.478 e. The molecule has 0 aliphatic carbocycles. The van der Waals surface area contributed by atoms with Crippen LogP contribution in [0.25, 0.3) is 0 Å². The van der Waals surface area contributed by atoms with Crippen LogP contribution in [0.15, 0.2) is 65.6 Å². The average molecular weight is 414 g/mol. The fraction of sp³-hybridized carbons (Fsp3) is 0.0588. The van der Waals surface area contributed by atoms with E-state index in [1.165, 1.54) is 24.3 Å². The first-order valence-electron chi connectivity index (χ1n) is 7.49.